The van der Waals surface area contributed by atoms with E-state index in [1.807, 2.05) is 17.5 Å². The predicted molar refractivity (Wildman–Crippen MR) is 106 cm³/mol. The highest BCUT2D eigenvalue weighted by Gasteiger charge is 2.19. The highest BCUT2D eigenvalue weighted by Crippen LogP contribution is 2.16. The third kappa shape index (κ3) is 5.64. The van der Waals surface area contributed by atoms with Crippen LogP contribution in [0.3, 0.4) is 0 Å². The van der Waals surface area contributed by atoms with E-state index < -0.39 is 28.5 Å². The Kier molecular flexibility index (Phi) is 6.42. The standard InChI is InChI=1S/C18H19N3O5S2/c22-17(12-26-18(23)11-14-5-3-9-27-14)20-13-4-1-6-15(10-13)28(24,25)21-16-7-2-8-19-16/h1,3-6,9-10H,2,7-8,11-12H2,(H,19,21)(H,20,22). The average molecular weight is 422 g/mol. The molecule has 1 aliphatic heterocycles. The van der Waals surface area contributed by atoms with Gasteiger partial charge in [-0.3, -0.25) is 19.3 Å². The number of carbonyl (C=O) groups is 2. The van der Waals surface area contributed by atoms with Crippen LogP contribution in [0, 0.1) is 0 Å². The Morgan fingerprint density at radius 3 is 2.79 bits per heavy atom. The van der Waals surface area contributed by atoms with Crippen LogP contribution in [0.15, 0.2) is 51.7 Å². The average Bonchev–Trinajstić information content (AvgIpc) is 3.34. The number of carbonyl (C=O) groups excluding carboxylic acids is 2. The summed E-state index contributed by atoms with van der Waals surface area (Å²) in [5, 5.41) is 4.38. The summed E-state index contributed by atoms with van der Waals surface area (Å²) in [7, 11) is -3.77. The zero-order chi connectivity index (χ0) is 20.0. The monoisotopic (exact) mass is 421 g/mol. The van der Waals surface area contributed by atoms with Crippen LogP contribution in [0.4, 0.5) is 5.69 Å². The molecular formula is C18H19N3O5S2. The van der Waals surface area contributed by atoms with Crippen LogP contribution in [-0.2, 0) is 30.8 Å². The van der Waals surface area contributed by atoms with Gasteiger partial charge in [-0.2, -0.15) is 0 Å². The summed E-state index contributed by atoms with van der Waals surface area (Å²) in [6, 6.07) is 9.47. The van der Waals surface area contributed by atoms with Crippen molar-refractivity contribution in [3.8, 4) is 0 Å². The number of hydrogen-bond acceptors (Lipinski definition) is 7. The Labute approximate surface area is 166 Å². The molecule has 0 spiro atoms. The van der Waals surface area contributed by atoms with Crippen molar-refractivity contribution in [3.05, 3.63) is 46.7 Å². The molecule has 0 unspecified atom stereocenters. The topological polar surface area (TPSA) is 114 Å². The number of nitrogens with zero attached hydrogens (tertiary/aromatic N) is 1. The Morgan fingerprint density at radius 2 is 2.07 bits per heavy atom. The summed E-state index contributed by atoms with van der Waals surface area (Å²) in [6.45, 7) is 0.162. The summed E-state index contributed by atoms with van der Waals surface area (Å²) in [4.78, 5) is 28.7. The van der Waals surface area contributed by atoms with Gasteiger partial charge in [-0.05, 0) is 36.1 Å². The van der Waals surface area contributed by atoms with Crippen LogP contribution in [0.25, 0.3) is 0 Å². The third-order valence-electron chi connectivity index (χ3n) is 3.82. The number of esters is 1. The lowest BCUT2D eigenvalue weighted by Gasteiger charge is -2.10. The van der Waals surface area contributed by atoms with Crippen molar-refractivity contribution in [2.75, 3.05) is 18.5 Å². The molecule has 10 heteroatoms. The number of ether oxygens (including phenoxy) is 1. The van der Waals surface area contributed by atoms with Gasteiger partial charge in [-0.15, -0.1) is 11.3 Å². The van der Waals surface area contributed by atoms with Gasteiger partial charge in [0.2, 0.25) is 0 Å². The van der Waals surface area contributed by atoms with Crippen molar-refractivity contribution >= 4 is 44.8 Å². The number of amidine groups is 1. The van der Waals surface area contributed by atoms with Gasteiger partial charge in [0.25, 0.3) is 15.9 Å². The number of nitrogens with one attached hydrogen (secondary N) is 2. The van der Waals surface area contributed by atoms with Gasteiger partial charge in [-0.1, -0.05) is 12.1 Å². The van der Waals surface area contributed by atoms with Crippen LogP contribution in [0.1, 0.15) is 17.7 Å². The highest BCUT2D eigenvalue weighted by atomic mass is 32.2. The fraction of sp³-hybridized carbons (Fsp3) is 0.278. The molecule has 2 aromatic rings. The van der Waals surface area contributed by atoms with E-state index in [-0.39, 0.29) is 17.0 Å². The van der Waals surface area contributed by atoms with Gasteiger partial charge >= 0.3 is 5.97 Å². The molecule has 28 heavy (non-hydrogen) atoms. The predicted octanol–water partition coefficient (Wildman–Crippen LogP) is 1.94. The maximum Gasteiger partial charge on any atom is 0.311 e. The first-order valence-corrected chi connectivity index (χ1v) is 10.9. The summed E-state index contributed by atoms with van der Waals surface area (Å²) < 4.78 is 32.2. The zero-order valence-corrected chi connectivity index (χ0v) is 16.5. The van der Waals surface area contributed by atoms with Crippen LogP contribution in [0.2, 0.25) is 0 Å². The second-order valence-corrected chi connectivity index (χ2v) is 8.74. The van der Waals surface area contributed by atoms with Crippen molar-refractivity contribution in [1.29, 1.82) is 0 Å². The Hall–Kier alpha value is -2.72. The fourth-order valence-electron chi connectivity index (χ4n) is 2.53. The molecule has 0 radical (unpaired) electrons. The molecule has 0 saturated heterocycles. The number of aliphatic imine (C=N–C) groups is 1. The van der Waals surface area contributed by atoms with Gasteiger partial charge in [0.1, 0.15) is 5.84 Å². The van der Waals surface area contributed by atoms with Gasteiger partial charge < -0.3 is 10.1 Å². The minimum absolute atomic E-state index is 0.00888. The minimum Gasteiger partial charge on any atom is -0.455 e. The zero-order valence-electron chi connectivity index (χ0n) is 14.9. The molecule has 148 valence electrons. The smallest absolute Gasteiger partial charge is 0.311 e. The lowest BCUT2D eigenvalue weighted by atomic mass is 10.3. The van der Waals surface area contributed by atoms with E-state index in [2.05, 4.69) is 15.0 Å². The molecule has 0 aliphatic carbocycles. The number of anilines is 1. The molecule has 1 aromatic heterocycles. The maximum absolute atomic E-state index is 12.4. The van der Waals surface area contributed by atoms with E-state index in [1.165, 1.54) is 29.5 Å². The van der Waals surface area contributed by atoms with Crippen molar-refractivity contribution in [2.24, 2.45) is 4.99 Å². The Morgan fingerprint density at radius 1 is 1.21 bits per heavy atom. The van der Waals surface area contributed by atoms with Crippen LogP contribution >= 0.6 is 11.3 Å². The van der Waals surface area contributed by atoms with E-state index >= 15 is 0 Å². The quantitative estimate of drug-likeness (QED) is 0.663. The van der Waals surface area contributed by atoms with E-state index in [0.29, 0.717) is 18.8 Å². The molecule has 1 amide bonds. The Bertz CT molecular complexity index is 984. The molecule has 0 fully saturated rings. The van der Waals surface area contributed by atoms with Crippen molar-refractivity contribution in [3.63, 3.8) is 0 Å². The second-order valence-electron chi connectivity index (χ2n) is 6.03. The third-order valence-corrected chi connectivity index (χ3v) is 6.07. The lowest BCUT2D eigenvalue weighted by molar-refractivity contribution is -0.146. The molecule has 0 saturated carbocycles. The van der Waals surface area contributed by atoms with Crippen molar-refractivity contribution in [1.82, 2.24) is 4.72 Å². The molecular weight excluding hydrogens is 402 g/mol. The van der Waals surface area contributed by atoms with E-state index in [4.69, 9.17) is 4.74 Å². The van der Waals surface area contributed by atoms with Crippen LogP contribution in [0.5, 0.6) is 0 Å². The summed E-state index contributed by atoms with van der Waals surface area (Å²) in [5.74, 6) is -0.621. The molecule has 1 aliphatic rings. The normalized spacial score (nSPS) is 13.6. The number of amides is 1. The summed E-state index contributed by atoms with van der Waals surface area (Å²) in [5.41, 5.74) is 0.288. The molecule has 8 nitrogen and oxygen atoms in total. The lowest BCUT2D eigenvalue weighted by Crippen LogP contribution is -2.29. The van der Waals surface area contributed by atoms with Crippen molar-refractivity contribution < 1.29 is 22.7 Å². The molecule has 2 heterocycles. The van der Waals surface area contributed by atoms with Crippen LogP contribution < -0.4 is 10.0 Å². The van der Waals surface area contributed by atoms with E-state index in [1.54, 1.807) is 6.07 Å². The largest absolute Gasteiger partial charge is 0.455 e. The molecule has 0 atom stereocenters. The number of thiophene rings is 1. The first kappa shape index (κ1) is 20.0. The van der Waals surface area contributed by atoms with Gasteiger partial charge in [0.15, 0.2) is 6.61 Å². The van der Waals surface area contributed by atoms with Crippen LogP contribution in [-0.4, -0.2) is 39.3 Å². The number of benzene rings is 1. The number of hydrogen-bond donors (Lipinski definition) is 2. The number of rotatable bonds is 7. The van der Waals surface area contributed by atoms with Gasteiger partial charge in [-0.25, -0.2) is 8.42 Å². The molecule has 1 aromatic carbocycles. The fourth-order valence-corrected chi connectivity index (χ4v) is 4.35. The van der Waals surface area contributed by atoms with Gasteiger partial charge in [0.05, 0.1) is 11.3 Å². The SMILES string of the molecule is O=C(COC(=O)Cc1cccs1)Nc1cccc(S(=O)(=O)NC2=NCCC2)c1. The van der Waals surface area contributed by atoms with E-state index in [9.17, 15) is 18.0 Å². The molecule has 3 rings (SSSR count). The first-order chi connectivity index (χ1) is 13.4. The Balaban J connectivity index is 1.54. The summed E-state index contributed by atoms with van der Waals surface area (Å²) in [6.07, 6.45) is 1.51. The minimum atomic E-state index is -3.77. The maximum atomic E-state index is 12.4. The summed E-state index contributed by atoms with van der Waals surface area (Å²) >= 11 is 1.43. The van der Waals surface area contributed by atoms with Crippen molar-refractivity contribution in [2.45, 2.75) is 24.2 Å². The van der Waals surface area contributed by atoms with Gasteiger partial charge in [0, 0.05) is 23.5 Å². The first-order valence-electron chi connectivity index (χ1n) is 8.56. The highest BCUT2D eigenvalue weighted by molar-refractivity contribution is 7.90. The van der Waals surface area contributed by atoms with E-state index in [0.717, 1.165) is 11.3 Å². The second kappa shape index (κ2) is 8.98. The number of sulfonamides is 1. The molecule has 0 bridgehead atoms. The molecule has 2 N–H and O–H groups in total.